The van der Waals surface area contributed by atoms with Gasteiger partial charge in [-0.2, -0.15) is 30.3 Å². The van der Waals surface area contributed by atoms with Crippen LogP contribution in [0.15, 0.2) is 60.7 Å². The molecule has 0 aromatic heterocycles. The van der Waals surface area contributed by atoms with E-state index >= 15 is 0 Å². The largest absolute Gasteiger partial charge is 4.00 e. The van der Waals surface area contributed by atoms with Gasteiger partial charge in [-0.05, 0) is 11.1 Å². The number of hydrogen-bond acceptors (Lipinski definition) is 0. The first-order valence-corrected chi connectivity index (χ1v) is 12.4. The number of rotatable bonds is 3. The molecule has 0 bridgehead atoms. The predicted molar refractivity (Wildman–Crippen MR) is 109 cm³/mol. The van der Waals surface area contributed by atoms with Crippen molar-refractivity contribution < 1.29 is 51.0 Å². The molecule has 0 spiro atoms. The van der Waals surface area contributed by atoms with Gasteiger partial charge in [0.2, 0.25) is 0 Å². The Balaban J connectivity index is 0.000000433. The zero-order chi connectivity index (χ0) is 17.1. The Bertz CT molecular complexity index is 756. The summed E-state index contributed by atoms with van der Waals surface area (Å²) >= 11 is 0. The molecule has 0 saturated carbocycles. The molecule has 0 nitrogen and oxygen atoms in total. The first kappa shape index (κ1) is 25.6. The molecular formula is C24H26Cl2SiZr. The van der Waals surface area contributed by atoms with E-state index in [0.29, 0.717) is 0 Å². The van der Waals surface area contributed by atoms with Crippen LogP contribution in [0.2, 0.25) is 18.1 Å². The van der Waals surface area contributed by atoms with Crippen molar-refractivity contribution in [1.82, 2.24) is 0 Å². The summed E-state index contributed by atoms with van der Waals surface area (Å²) in [6.07, 6.45) is 12.8. The molecule has 0 radical (unpaired) electrons. The molecule has 1 unspecified atom stereocenters. The average molecular weight is 505 g/mol. The van der Waals surface area contributed by atoms with Crippen LogP contribution in [0.25, 0.3) is 11.1 Å². The minimum Gasteiger partial charge on any atom is -1.00 e. The molecule has 1 aliphatic heterocycles. The summed E-state index contributed by atoms with van der Waals surface area (Å²) in [4.78, 5) is 0. The standard InChI is InChI=1S/C19H21Si.C5H5.2ClH.Zr/c1-2-12-20(13-7-14-20)19-17-10-5-3-8-15(17)16-9-4-6-11-18(16)19;1-2-4-5-3-1;;;/h3-6,8-10,19H,2,7,12-14H2,1H3;1-3H,4H2;2*1H;/q2*-1;;;+4/p-2. The minimum atomic E-state index is -1.14. The molecule has 3 aliphatic rings. The van der Waals surface area contributed by atoms with E-state index in [4.69, 9.17) is 0 Å². The smallest absolute Gasteiger partial charge is 1.00 e. The van der Waals surface area contributed by atoms with Crippen LogP contribution in [0.5, 0.6) is 0 Å². The molecule has 2 aromatic carbocycles. The average Bonchev–Trinajstić information content (AvgIpc) is 3.29. The fraction of sp³-hybridized carbons (Fsp3) is 0.333. The number of allylic oxidation sites excluding steroid dienone is 4. The number of benzene rings is 2. The summed E-state index contributed by atoms with van der Waals surface area (Å²) in [7, 11) is -1.14. The van der Waals surface area contributed by atoms with Crippen LogP contribution in [-0.2, 0) is 26.2 Å². The number of hydrogen-bond donors (Lipinski definition) is 0. The van der Waals surface area contributed by atoms with Crippen molar-refractivity contribution in [2.45, 2.75) is 49.9 Å². The Labute approximate surface area is 202 Å². The second-order valence-electron chi connectivity index (χ2n) is 7.49. The molecule has 5 rings (SSSR count). The number of fused-ring (bicyclic) bond motifs is 3. The summed E-state index contributed by atoms with van der Waals surface area (Å²) in [6.45, 7) is 2.36. The molecule has 144 valence electrons. The van der Waals surface area contributed by atoms with E-state index in [2.05, 4.69) is 67.6 Å². The van der Waals surface area contributed by atoms with Gasteiger partial charge in [-0.3, -0.25) is 6.08 Å². The van der Waals surface area contributed by atoms with Gasteiger partial charge in [-0.15, -0.1) is 17.5 Å². The maximum absolute atomic E-state index is 3.61. The topological polar surface area (TPSA) is 0 Å². The van der Waals surface area contributed by atoms with Gasteiger partial charge in [0.05, 0.1) is 8.07 Å². The molecule has 1 heterocycles. The number of halogens is 2. The third kappa shape index (κ3) is 4.84. The Kier molecular flexibility index (Phi) is 10.7. The molecule has 1 fully saturated rings. The minimum absolute atomic E-state index is 0. The Morgan fingerprint density at radius 3 is 2.36 bits per heavy atom. The van der Waals surface area contributed by atoms with Crippen molar-refractivity contribution in [1.29, 1.82) is 0 Å². The summed E-state index contributed by atoms with van der Waals surface area (Å²) < 4.78 is 0. The summed E-state index contributed by atoms with van der Waals surface area (Å²) in [5.74, 6) is 0. The van der Waals surface area contributed by atoms with Gasteiger partial charge in [0.15, 0.2) is 0 Å². The van der Waals surface area contributed by atoms with Crippen molar-refractivity contribution >= 4 is 8.07 Å². The molecule has 2 aliphatic carbocycles. The van der Waals surface area contributed by atoms with E-state index in [0.717, 1.165) is 12.0 Å². The van der Waals surface area contributed by atoms with Crippen LogP contribution in [0, 0.1) is 12.1 Å². The SMILES string of the molecule is CCC[Si]1(C2c3[c-]cccc3-c3ccccc32)CCC1.[C-]1=CC=CC1.[Cl-].[Cl-].[Zr+4]. The third-order valence-corrected chi connectivity index (χ3v) is 12.1. The monoisotopic (exact) mass is 502 g/mol. The molecule has 0 N–H and O–H groups in total. The van der Waals surface area contributed by atoms with Gasteiger partial charge in [-0.1, -0.05) is 67.7 Å². The van der Waals surface area contributed by atoms with Gasteiger partial charge in [0, 0.05) is 0 Å². The Morgan fingerprint density at radius 1 is 1.04 bits per heavy atom. The molecule has 0 amide bonds. The third-order valence-electron chi connectivity index (χ3n) is 6.03. The van der Waals surface area contributed by atoms with E-state index in [1.165, 1.54) is 47.7 Å². The van der Waals surface area contributed by atoms with Crippen molar-refractivity contribution in [2.75, 3.05) is 0 Å². The predicted octanol–water partition coefficient (Wildman–Crippen LogP) is 0.712. The maximum atomic E-state index is 3.61. The van der Waals surface area contributed by atoms with Crippen LogP contribution in [-0.4, -0.2) is 8.07 Å². The van der Waals surface area contributed by atoms with Crippen molar-refractivity contribution in [2.24, 2.45) is 0 Å². The Hall–Kier alpha value is -0.400. The van der Waals surface area contributed by atoms with Gasteiger partial charge >= 0.3 is 26.2 Å². The maximum Gasteiger partial charge on any atom is 4.00 e. The molecule has 2 aromatic rings. The van der Waals surface area contributed by atoms with Gasteiger partial charge in [0.25, 0.3) is 0 Å². The van der Waals surface area contributed by atoms with Crippen LogP contribution in [0.1, 0.15) is 42.9 Å². The van der Waals surface area contributed by atoms with Crippen LogP contribution >= 0.6 is 0 Å². The second-order valence-corrected chi connectivity index (χ2v) is 12.3. The second kappa shape index (κ2) is 11.7. The normalized spacial score (nSPS) is 18.8. The van der Waals surface area contributed by atoms with E-state index in [1.807, 2.05) is 12.2 Å². The molecule has 28 heavy (non-hydrogen) atoms. The Morgan fingerprint density at radius 2 is 1.79 bits per heavy atom. The molecule has 1 atom stereocenters. The molecule has 4 heteroatoms. The summed E-state index contributed by atoms with van der Waals surface area (Å²) in [6, 6.07) is 23.8. The summed E-state index contributed by atoms with van der Waals surface area (Å²) in [5, 5.41) is 0. The first-order valence-electron chi connectivity index (χ1n) is 9.67. The van der Waals surface area contributed by atoms with Gasteiger partial charge in [0.1, 0.15) is 0 Å². The van der Waals surface area contributed by atoms with E-state index < -0.39 is 8.07 Å². The quantitative estimate of drug-likeness (QED) is 0.427. The van der Waals surface area contributed by atoms with Gasteiger partial charge < -0.3 is 24.8 Å². The zero-order valence-electron chi connectivity index (χ0n) is 16.3. The van der Waals surface area contributed by atoms with Crippen molar-refractivity contribution in [3.63, 3.8) is 0 Å². The van der Waals surface area contributed by atoms with Crippen LogP contribution in [0.4, 0.5) is 0 Å². The van der Waals surface area contributed by atoms with Gasteiger partial charge in [-0.25, -0.2) is 12.2 Å². The summed E-state index contributed by atoms with van der Waals surface area (Å²) in [5.41, 5.74) is 6.81. The van der Waals surface area contributed by atoms with E-state index in [-0.39, 0.29) is 51.0 Å². The fourth-order valence-corrected chi connectivity index (χ4v) is 10.2. The van der Waals surface area contributed by atoms with Crippen LogP contribution in [0.3, 0.4) is 0 Å². The van der Waals surface area contributed by atoms with E-state index in [1.54, 1.807) is 5.56 Å². The molecule has 1 saturated heterocycles. The van der Waals surface area contributed by atoms with E-state index in [9.17, 15) is 0 Å². The van der Waals surface area contributed by atoms with Crippen molar-refractivity contribution in [3.8, 4) is 11.1 Å². The van der Waals surface area contributed by atoms with Crippen molar-refractivity contribution in [3.05, 3.63) is 84.0 Å². The molecular weight excluding hydrogens is 478 g/mol. The zero-order valence-corrected chi connectivity index (χ0v) is 21.3. The van der Waals surface area contributed by atoms with Crippen LogP contribution < -0.4 is 24.8 Å². The first-order chi connectivity index (χ1) is 12.4. The fourth-order valence-electron chi connectivity index (χ4n) is 4.86.